The summed E-state index contributed by atoms with van der Waals surface area (Å²) >= 11 is 0. The van der Waals surface area contributed by atoms with Crippen molar-refractivity contribution in [2.75, 3.05) is 0 Å². The maximum atomic E-state index is 2.55. The zero-order chi connectivity index (χ0) is 15.8. The maximum Gasteiger partial charge on any atom is 0.0218 e. The van der Waals surface area contributed by atoms with Crippen molar-refractivity contribution in [3.8, 4) is 0 Å². The van der Waals surface area contributed by atoms with E-state index in [2.05, 4.69) is 26.0 Å². The number of rotatable bonds is 4. The lowest BCUT2D eigenvalue weighted by Crippen LogP contribution is -2.13. The van der Waals surface area contributed by atoms with E-state index in [-0.39, 0.29) is 9.52 Å². The molecule has 0 amide bonds. The van der Waals surface area contributed by atoms with Crippen LogP contribution in [0.25, 0.3) is 0 Å². The Kier molecular flexibility index (Phi) is 4.49. The minimum atomic E-state index is 0.0442. The average Bonchev–Trinajstić information content (AvgIpc) is 3.04. The Bertz CT molecular complexity index is 560. The molecule has 0 saturated carbocycles. The standard InChI is InChI=1S/C22H32Si/c1-15-11-17-7-3-5-9-19(17)21(15)13-23-14-22-16(2)12-18-8-4-6-10-20(18)22/h11-12,21-22H,3-10,13-14,23H2,1-2H3. The smallest absolute Gasteiger partial charge is 0.0218 e. The second-order valence-electron chi connectivity index (χ2n) is 8.33. The van der Waals surface area contributed by atoms with Crippen LogP contribution in [0.4, 0.5) is 0 Å². The van der Waals surface area contributed by atoms with Crippen LogP contribution in [-0.2, 0) is 0 Å². The number of allylic oxidation sites excluding steroid dienone is 8. The molecule has 0 spiro atoms. The summed E-state index contributed by atoms with van der Waals surface area (Å²) < 4.78 is 0. The van der Waals surface area contributed by atoms with Crippen molar-refractivity contribution in [1.29, 1.82) is 0 Å². The molecule has 0 aromatic heterocycles. The van der Waals surface area contributed by atoms with Crippen LogP contribution >= 0.6 is 0 Å². The zero-order valence-electron chi connectivity index (χ0n) is 15.1. The topological polar surface area (TPSA) is 0 Å². The molecule has 4 rings (SSSR count). The Morgan fingerprint density at radius 3 is 1.65 bits per heavy atom. The van der Waals surface area contributed by atoms with Gasteiger partial charge in [0.05, 0.1) is 0 Å². The fourth-order valence-corrected chi connectivity index (χ4v) is 8.32. The normalized spacial score (nSPS) is 30.9. The predicted octanol–water partition coefficient (Wildman–Crippen LogP) is 5.89. The van der Waals surface area contributed by atoms with E-state index in [0.29, 0.717) is 0 Å². The van der Waals surface area contributed by atoms with Gasteiger partial charge in [0, 0.05) is 9.52 Å². The van der Waals surface area contributed by atoms with Crippen LogP contribution in [0.3, 0.4) is 0 Å². The van der Waals surface area contributed by atoms with Crippen molar-refractivity contribution in [1.82, 2.24) is 0 Å². The largest absolute Gasteiger partial charge is 0.0662 e. The average molecular weight is 325 g/mol. The summed E-state index contributed by atoms with van der Waals surface area (Å²) in [6, 6.07) is 3.07. The van der Waals surface area contributed by atoms with E-state index < -0.39 is 0 Å². The molecule has 4 aliphatic carbocycles. The molecular weight excluding hydrogens is 292 g/mol. The van der Waals surface area contributed by atoms with Crippen molar-refractivity contribution >= 4 is 9.52 Å². The fourth-order valence-electron chi connectivity index (χ4n) is 5.66. The first-order valence-corrected chi connectivity index (χ1v) is 12.0. The minimum Gasteiger partial charge on any atom is -0.0662 e. The highest BCUT2D eigenvalue weighted by atomic mass is 28.2. The summed E-state index contributed by atoms with van der Waals surface area (Å²) in [6.45, 7) is 4.81. The van der Waals surface area contributed by atoms with Gasteiger partial charge in [-0.1, -0.05) is 46.5 Å². The molecule has 0 heterocycles. The van der Waals surface area contributed by atoms with Gasteiger partial charge < -0.3 is 0 Å². The van der Waals surface area contributed by atoms with Crippen molar-refractivity contribution in [3.05, 3.63) is 45.6 Å². The molecule has 0 N–H and O–H groups in total. The Hall–Kier alpha value is -0.823. The quantitative estimate of drug-likeness (QED) is 0.566. The van der Waals surface area contributed by atoms with Crippen LogP contribution in [0, 0.1) is 11.8 Å². The molecule has 0 bridgehead atoms. The first-order chi connectivity index (χ1) is 11.2. The Morgan fingerprint density at radius 2 is 1.17 bits per heavy atom. The summed E-state index contributed by atoms with van der Waals surface area (Å²) in [5.74, 6) is 1.73. The summed E-state index contributed by atoms with van der Waals surface area (Å²) in [5, 5.41) is 0. The third-order valence-corrected chi connectivity index (χ3v) is 8.81. The highest BCUT2D eigenvalue weighted by Crippen LogP contribution is 2.44. The van der Waals surface area contributed by atoms with Crippen LogP contribution in [0.2, 0.25) is 12.1 Å². The third kappa shape index (κ3) is 2.97. The van der Waals surface area contributed by atoms with Gasteiger partial charge in [0.1, 0.15) is 0 Å². The second-order valence-corrected chi connectivity index (χ2v) is 10.2. The van der Waals surface area contributed by atoms with Crippen LogP contribution in [0.1, 0.15) is 65.2 Å². The van der Waals surface area contributed by atoms with Gasteiger partial charge in [0.25, 0.3) is 0 Å². The van der Waals surface area contributed by atoms with Gasteiger partial charge in [-0.3, -0.25) is 0 Å². The molecule has 2 unspecified atom stereocenters. The summed E-state index contributed by atoms with van der Waals surface area (Å²) in [7, 11) is 0.0442. The Morgan fingerprint density at radius 1 is 0.739 bits per heavy atom. The van der Waals surface area contributed by atoms with E-state index in [0.717, 1.165) is 11.8 Å². The minimum absolute atomic E-state index is 0.0442. The summed E-state index contributed by atoms with van der Waals surface area (Å²) in [5.41, 5.74) is 10.6. The van der Waals surface area contributed by atoms with Crippen molar-refractivity contribution in [3.63, 3.8) is 0 Å². The van der Waals surface area contributed by atoms with Gasteiger partial charge >= 0.3 is 0 Å². The first-order valence-electron chi connectivity index (χ1n) is 10.0. The lowest BCUT2D eigenvalue weighted by atomic mass is 9.88. The molecule has 0 saturated heterocycles. The Labute approximate surface area is 144 Å². The van der Waals surface area contributed by atoms with Crippen molar-refractivity contribution in [2.45, 2.75) is 77.3 Å². The van der Waals surface area contributed by atoms with Gasteiger partial charge in [0.15, 0.2) is 0 Å². The third-order valence-electron chi connectivity index (χ3n) is 6.84. The first kappa shape index (κ1) is 15.7. The molecule has 0 radical (unpaired) electrons. The van der Waals surface area contributed by atoms with Gasteiger partial charge in [-0.05, 0) is 88.2 Å². The van der Waals surface area contributed by atoms with E-state index in [1.165, 1.54) is 63.5 Å². The maximum absolute atomic E-state index is 2.55. The molecule has 0 aromatic carbocycles. The van der Waals surface area contributed by atoms with E-state index >= 15 is 0 Å². The molecule has 2 atom stereocenters. The molecule has 124 valence electrons. The van der Waals surface area contributed by atoms with Gasteiger partial charge in [-0.25, -0.2) is 0 Å². The van der Waals surface area contributed by atoms with E-state index in [9.17, 15) is 0 Å². The molecular formula is C22H32Si. The molecule has 4 aliphatic rings. The number of hydrogen-bond donors (Lipinski definition) is 0. The molecule has 23 heavy (non-hydrogen) atoms. The van der Waals surface area contributed by atoms with Gasteiger partial charge in [-0.2, -0.15) is 0 Å². The van der Waals surface area contributed by atoms with Crippen LogP contribution in [0.15, 0.2) is 45.6 Å². The van der Waals surface area contributed by atoms with E-state index in [4.69, 9.17) is 0 Å². The predicted molar refractivity (Wildman–Crippen MR) is 104 cm³/mol. The Balaban J connectivity index is 1.37. The van der Waals surface area contributed by atoms with E-state index in [1.807, 2.05) is 11.1 Å². The summed E-state index contributed by atoms with van der Waals surface area (Å²) in [4.78, 5) is 0. The van der Waals surface area contributed by atoms with E-state index in [1.54, 1.807) is 22.3 Å². The molecule has 1 heteroatoms. The highest BCUT2D eigenvalue weighted by molar-refractivity contribution is 6.36. The van der Waals surface area contributed by atoms with Crippen LogP contribution in [0.5, 0.6) is 0 Å². The highest BCUT2D eigenvalue weighted by Gasteiger charge is 2.29. The van der Waals surface area contributed by atoms with Crippen LogP contribution < -0.4 is 0 Å². The molecule has 0 nitrogen and oxygen atoms in total. The second kappa shape index (κ2) is 6.59. The molecule has 0 aromatic rings. The van der Waals surface area contributed by atoms with Crippen molar-refractivity contribution in [2.24, 2.45) is 11.8 Å². The van der Waals surface area contributed by atoms with Crippen molar-refractivity contribution < 1.29 is 0 Å². The zero-order valence-corrected chi connectivity index (χ0v) is 16.5. The number of hydrogen-bond acceptors (Lipinski definition) is 0. The molecule has 0 aliphatic heterocycles. The lowest BCUT2D eigenvalue weighted by Gasteiger charge is -2.24. The monoisotopic (exact) mass is 324 g/mol. The van der Waals surface area contributed by atoms with Gasteiger partial charge in [0.2, 0.25) is 0 Å². The molecule has 0 fully saturated rings. The lowest BCUT2D eigenvalue weighted by molar-refractivity contribution is 0.627. The SMILES string of the molecule is CC1=CC2=C(CCCC2)C1C[SiH2]CC1C(C)=CC2=C1CCCC2. The van der Waals surface area contributed by atoms with Crippen LogP contribution in [-0.4, -0.2) is 9.52 Å². The fraction of sp³-hybridized carbons (Fsp3) is 0.636. The summed E-state index contributed by atoms with van der Waals surface area (Å²) in [6.07, 6.45) is 16.4. The van der Waals surface area contributed by atoms with Gasteiger partial charge in [-0.15, -0.1) is 0 Å².